The van der Waals surface area contributed by atoms with Crippen molar-refractivity contribution in [1.29, 1.82) is 0 Å². The van der Waals surface area contributed by atoms with Gasteiger partial charge in [0.2, 0.25) is 0 Å². The molecule has 0 saturated carbocycles. The highest BCUT2D eigenvalue weighted by Gasteiger charge is 2.09. The molecular weight excluding hydrogens is 237 g/mol. The van der Waals surface area contributed by atoms with E-state index in [9.17, 15) is 8.60 Å². The van der Waals surface area contributed by atoms with E-state index in [4.69, 9.17) is 0 Å². The second-order valence-corrected chi connectivity index (χ2v) is 5.09. The summed E-state index contributed by atoms with van der Waals surface area (Å²) in [7, 11) is -1.31. The van der Waals surface area contributed by atoms with Crippen LogP contribution in [0.25, 0.3) is 0 Å². The van der Waals surface area contributed by atoms with Crippen LogP contribution < -0.4 is 0 Å². The number of benzene rings is 1. The molecule has 0 amide bonds. The summed E-state index contributed by atoms with van der Waals surface area (Å²) in [4.78, 5) is 4.41. The van der Waals surface area contributed by atoms with Crippen LogP contribution in [0.2, 0.25) is 0 Å². The molecule has 88 valence electrons. The summed E-state index contributed by atoms with van der Waals surface area (Å²) in [6, 6.07) is 11.8. The molecule has 0 aliphatic heterocycles. The van der Waals surface area contributed by atoms with Gasteiger partial charge >= 0.3 is 0 Å². The maximum atomic E-state index is 13.4. The molecule has 0 bridgehead atoms. The summed E-state index contributed by atoms with van der Waals surface area (Å²) in [5, 5.41) is 0. The molecule has 0 N–H and O–H groups in total. The van der Waals surface area contributed by atoms with Crippen LogP contribution in [-0.4, -0.2) is 14.9 Å². The van der Waals surface area contributed by atoms with Crippen LogP contribution in [0.5, 0.6) is 0 Å². The van der Waals surface area contributed by atoms with Gasteiger partial charge in [0.15, 0.2) is 0 Å². The van der Waals surface area contributed by atoms with Gasteiger partial charge < -0.3 is 0 Å². The monoisotopic (exact) mass is 249 g/mol. The summed E-state index contributed by atoms with van der Waals surface area (Å²) in [5.74, 6) is -0.0235. The zero-order valence-corrected chi connectivity index (χ0v) is 9.99. The summed E-state index contributed by atoms with van der Waals surface area (Å²) >= 11 is 0. The third kappa shape index (κ3) is 3.20. The fourth-order valence-electron chi connectivity index (χ4n) is 1.48. The first-order valence-electron chi connectivity index (χ1n) is 5.30. The lowest BCUT2D eigenvalue weighted by molar-refractivity contribution is 0.595. The van der Waals surface area contributed by atoms with Gasteiger partial charge in [-0.05, 0) is 24.3 Å². The van der Waals surface area contributed by atoms with E-state index < -0.39 is 16.6 Å². The minimum atomic E-state index is -1.31. The number of pyridine rings is 1. The Labute approximate surface area is 102 Å². The first-order valence-corrected chi connectivity index (χ1v) is 6.62. The van der Waals surface area contributed by atoms with Gasteiger partial charge in [0.25, 0.3) is 0 Å². The molecular formula is C13H12FNOS. The van der Waals surface area contributed by atoms with Gasteiger partial charge in [-0.3, -0.25) is 9.19 Å². The van der Waals surface area contributed by atoms with E-state index in [0.717, 1.165) is 5.69 Å². The topological polar surface area (TPSA) is 30.0 Å². The van der Waals surface area contributed by atoms with Crippen LogP contribution >= 0.6 is 0 Å². The van der Waals surface area contributed by atoms with Gasteiger partial charge in [0.1, 0.15) is 5.82 Å². The smallest absolute Gasteiger partial charge is 0.139 e. The number of halogens is 1. The molecule has 0 fully saturated rings. The van der Waals surface area contributed by atoms with Crippen molar-refractivity contribution in [2.75, 3.05) is 5.75 Å². The fraction of sp³-hybridized carbons (Fsp3) is 0.154. The van der Waals surface area contributed by atoms with E-state index in [1.807, 2.05) is 18.2 Å². The predicted octanol–water partition coefficient (Wildman–Crippen LogP) is 2.57. The summed E-state index contributed by atoms with van der Waals surface area (Å²) < 4.78 is 25.2. The number of hydrogen-bond acceptors (Lipinski definition) is 2. The van der Waals surface area contributed by atoms with Crippen molar-refractivity contribution >= 4 is 10.8 Å². The van der Waals surface area contributed by atoms with Crippen LogP contribution in [-0.2, 0) is 17.2 Å². The van der Waals surface area contributed by atoms with E-state index in [1.165, 1.54) is 6.07 Å². The molecule has 0 aliphatic rings. The predicted molar refractivity (Wildman–Crippen MR) is 65.6 cm³/mol. The molecule has 0 spiro atoms. The standard InChI is InChI=1S/C13H12FNOS/c14-12-6-1-2-7-13(12)17(16)10-8-11-5-3-4-9-15-11/h1-7,9H,8,10H2. The van der Waals surface area contributed by atoms with Crippen LogP contribution in [0, 0.1) is 5.82 Å². The molecule has 1 unspecified atom stereocenters. The summed E-state index contributed by atoms with van der Waals surface area (Å²) in [6.07, 6.45) is 2.28. The summed E-state index contributed by atoms with van der Waals surface area (Å²) in [6.45, 7) is 0. The van der Waals surface area contributed by atoms with Crippen molar-refractivity contribution < 1.29 is 8.60 Å². The number of aromatic nitrogens is 1. The highest BCUT2D eigenvalue weighted by Crippen LogP contribution is 2.12. The lowest BCUT2D eigenvalue weighted by Crippen LogP contribution is -2.04. The molecule has 1 aromatic heterocycles. The lowest BCUT2D eigenvalue weighted by Gasteiger charge is -2.03. The first-order chi connectivity index (χ1) is 8.27. The second kappa shape index (κ2) is 5.68. The van der Waals surface area contributed by atoms with Gasteiger partial charge in [-0.15, -0.1) is 0 Å². The highest BCUT2D eigenvalue weighted by atomic mass is 32.2. The van der Waals surface area contributed by atoms with E-state index in [1.54, 1.807) is 24.4 Å². The number of hydrogen-bond donors (Lipinski definition) is 0. The Morgan fingerprint density at radius 3 is 2.59 bits per heavy atom. The minimum absolute atomic E-state index is 0.267. The Hall–Kier alpha value is -1.55. The molecule has 0 saturated heterocycles. The third-order valence-electron chi connectivity index (χ3n) is 2.35. The minimum Gasteiger partial charge on any atom is -0.261 e. The Balaban J connectivity index is 2.01. The van der Waals surface area contributed by atoms with Crippen LogP contribution in [0.4, 0.5) is 4.39 Å². The first kappa shape index (κ1) is 11.9. The Bertz CT molecular complexity index is 516. The molecule has 4 heteroatoms. The molecule has 2 nitrogen and oxygen atoms in total. The molecule has 17 heavy (non-hydrogen) atoms. The number of aryl methyl sites for hydroxylation is 1. The molecule has 0 aliphatic carbocycles. The van der Waals surface area contributed by atoms with Crippen molar-refractivity contribution in [2.24, 2.45) is 0 Å². The van der Waals surface area contributed by atoms with Gasteiger partial charge in [0, 0.05) is 24.1 Å². The van der Waals surface area contributed by atoms with Crippen molar-refractivity contribution in [2.45, 2.75) is 11.3 Å². The normalized spacial score (nSPS) is 12.3. The zero-order chi connectivity index (χ0) is 12.1. The van der Waals surface area contributed by atoms with Gasteiger partial charge in [-0.2, -0.15) is 0 Å². The molecule has 2 rings (SSSR count). The van der Waals surface area contributed by atoms with Crippen LogP contribution in [0.15, 0.2) is 53.6 Å². The van der Waals surface area contributed by atoms with Crippen molar-refractivity contribution in [3.05, 3.63) is 60.2 Å². The van der Waals surface area contributed by atoms with E-state index in [2.05, 4.69) is 4.98 Å². The largest absolute Gasteiger partial charge is 0.261 e. The van der Waals surface area contributed by atoms with Crippen molar-refractivity contribution in [3.8, 4) is 0 Å². The molecule has 0 radical (unpaired) electrons. The van der Waals surface area contributed by atoms with Gasteiger partial charge in [-0.1, -0.05) is 18.2 Å². The molecule has 1 heterocycles. The van der Waals surface area contributed by atoms with Crippen LogP contribution in [0.1, 0.15) is 5.69 Å². The van der Waals surface area contributed by atoms with E-state index in [0.29, 0.717) is 12.2 Å². The third-order valence-corrected chi connectivity index (χ3v) is 3.75. The maximum Gasteiger partial charge on any atom is 0.139 e. The van der Waals surface area contributed by atoms with E-state index in [-0.39, 0.29) is 4.90 Å². The molecule has 2 aromatic rings. The van der Waals surface area contributed by atoms with Gasteiger partial charge in [0.05, 0.1) is 15.7 Å². The van der Waals surface area contributed by atoms with Crippen molar-refractivity contribution in [1.82, 2.24) is 4.98 Å². The maximum absolute atomic E-state index is 13.4. The highest BCUT2D eigenvalue weighted by molar-refractivity contribution is 7.85. The summed E-state index contributed by atoms with van der Waals surface area (Å²) in [5.41, 5.74) is 0.872. The average molecular weight is 249 g/mol. The van der Waals surface area contributed by atoms with E-state index >= 15 is 0 Å². The Kier molecular flexibility index (Phi) is 3.98. The Morgan fingerprint density at radius 2 is 1.88 bits per heavy atom. The SMILES string of the molecule is O=S(CCc1ccccn1)c1ccccc1F. The number of nitrogens with zero attached hydrogens (tertiary/aromatic N) is 1. The zero-order valence-electron chi connectivity index (χ0n) is 9.17. The molecule has 1 aromatic carbocycles. The van der Waals surface area contributed by atoms with Crippen molar-refractivity contribution in [3.63, 3.8) is 0 Å². The van der Waals surface area contributed by atoms with Crippen LogP contribution in [0.3, 0.4) is 0 Å². The lowest BCUT2D eigenvalue weighted by atomic mass is 10.3. The quantitative estimate of drug-likeness (QED) is 0.833. The molecule has 1 atom stereocenters. The fourth-order valence-corrected chi connectivity index (χ4v) is 2.61. The average Bonchev–Trinajstić information content (AvgIpc) is 2.38. The second-order valence-electron chi connectivity index (χ2n) is 3.55. The van der Waals surface area contributed by atoms with Gasteiger partial charge in [-0.25, -0.2) is 4.39 Å². The number of rotatable bonds is 4. The Morgan fingerprint density at radius 1 is 1.12 bits per heavy atom.